The van der Waals surface area contributed by atoms with Crippen LogP contribution >= 0.6 is 7.82 Å². The van der Waals surface area contributed by atoms with Gasteiger partial charge in [-0.2, -0.15) is 0 Å². The van der Waals surface area contributed by atoms with Crippen molar-refractivity contribution in [1.29, 1.82) is 0 Å². The molecule has 1 unspecified atom stereocenters. The number of rotatable bonds is 49. The molecule has 0 rings (SSSR count). The number of phosphoric ester groups is 1. The summed E-state index contributed by atoms with van der Waals surface area (Å²) in [7, 11) is -4.64. The van der Waals surface area contributed by atoms with Crippen molar-refractivity contribution in [2.24, 2.45) is 0 Å². The largest absolute Gasteiger partial charge is 0.472 e. The zero-order valence-corrected chi connectivity index (χ0v) is 42.3. The number of phosphoric acid groups is 1. The molecule has 11 heteroatoms. The first kappa shape index (κ1) is 62.7. The Morgan fingerprint density at radius 3 is 1.29 bits per heavy atom. The highest BCUT2D eigenvalue weighted by Crippen LogP contribution is 2.43. The number of hydrogen-bond acceptors (Lipinski definition) is 9. The first-order chi connectivity index (χ1) is 31.7. The van der Waals surface area contributed by atoms with Gasteiger partial charge in [-0.3, -0.25) is 18.6 Å². The average molecular weight is 937 g/mol. The highest BCUT2D eigenvalue weighted by Gasteiger charge is 2.27. The summed E-state index contributed by atoms with van der Waals surface area (Å²) in [6.45, 7) is 2.32. The lowest BCUT2D eigenvalue weighted by Gasteiger charge is -2.20. The summed E-state index contributed by atoms with van der Waals surface area (Å²) in [5.74, 6) is -0.994. The predicted molar refractivity (Wildman–Crippen MR) is 270 cm³/mol. The molecular weight excluding hydrogens is 840 g/mol. The Kier molecular flexibility index (Phi) is 47.8. The minimum atomic E-state index is -4.64. The molecule has 0 aromatic heterocycles. The van der Waals surface area contributed by atoms with E-state index in [1.165, 1.54) is 141 Å². The maximum atomic E-state index is 12.7. The van der Waals surface area contributed by atoms with Gasteiger partial charge in [-0.05, 0) is 77.0 Å². The van der Waals surface area contributed by atoms with Gasteiger partial charge in [0.15, 0.2) is 6.10 Å². The van der Waals surface area contributed by atoms with Gasteiger partial charge in [0.1, 0.15) is 12.7 Å². The molecule has 0 aliphatic rings. The van der Waals surface area contributed by atoms with Crippen LogP contribution in [-0.4, -0.2) is 65.7 Å². The van der Waals surface area contributed by atoms with E-state index < -0.39 is 51.8 Å². The molecule has 0 aliphatic carbocycles. The smallest absolute Gasteiger partial charge is 0.462 e. The fourth-order valence-electron chi connectivity index (χ4n) is 7.10. The Morgan fingerprint density at radius 1 is 0.462 bits per heavy atom. The first-order valence-corrected chi connectivity index (χ1v) is 27.7. The summed E-state index contributed by atoms with van der Waals surface area (Å²) >= 11 is 0. The van der Waals surface area contributed by atoms with E-state index in [0.29, 0.717) is 12.8 Å². The zero-order chi connectivity index (χ0) is 47.6. The SMILES string of the molecule is CCCCC/C=C/C/C=C/C/C=C/C/C=C/CCCCCC(=O)O[C@H](COC(=O)CCC/C=C/CCCCCCCCCCCCCCCCCCCC)COP(=O)(O)OC[C@@H](O)CO. The molecule has 0 aromatic carbocycles. The highest BCUT2D eigenvalue weighted by molar-refractivity contribution is 7.47. The normalized spacial score (nSPS) is 14.1. The third-order valence-corrected chi connectivity index (χ3v) is 12.1. The molecule has 0 fully saturated rings. The molecular formula is C54H97O10P. The number of ether oxygens (including phenoxy) is 2. The van der Waals surface area contributed by atoms with Crippen LogP contribution in [0.1, 0.15) is 232 Å². The van der Waals surface area contributed by atoms with Gasteiger partial charge >= 0.3 is 19.8 Å². The third-order valence-electron chi connectivity index (χ3n) is 11.1. The summed E-state index contributed by atoms with van der Waals surface area (Å²) < 4.78 is 32.8. The molecule has 0 bridgehead atoms. The van der Waals surface area contributed by atoms with Gasteiger partial charge < -0.3 is 24.6 Å². The van der Waals surface area contributed by atoms with Gasteiger partial charge in [0, 0.05) is 12.8 Å². The molecule has 0 saturated carbocycles. The summed E-state index contributed by atoms with van der Waals surface area (Å²) in [6, 6.07) is 0. The highest BCUT2D eigenvalue weighted by atomic mass is 31.2. The van der Waals surface area contributed by atoms with Crippen LogP contribution < -0.4 is 0 Å². The van der Waals surface area contributed by atoms with E-state index in [0.717, 1.165) is 51.4 Å². The number of hydrogen-bond donors (Lipinski definition) is 3. The van der Waals surface area contributed by atoms with Gasteiger partial charge in [0.25, 0.3) is 0 Å². The van der Waals surface area contributed by atoms with E-state index in [4.69, 9.17) is 23.6 Å². The number of esters is 2. The van der Waals surface area contributed by atoms with Crippen LogP contribution in [0.4, 0.5) is 0 Å². The number of aliphatic hydroxyl groups is 2. The second-order valence-electron chi connectivity index (χ2n) is 17.5. The Bertz CT molecular complexity index is 1260. The summed E-state index contributed by atoms with van der Waals surface area (Å²) in [6.07, 6.45) is 57.8. The topological polar surface area (TPSA) is 149 Å². The van der Waals surface area contributed by atoms with Crippen molar-refractivity contribution in [3.8, 4) is 0 Å². The molecule has 3 N–H and O–H groups in total. The van der Waals surface area contributed by atoms with Crippen LogP contribution in [0.2, 0.25) is 0 Å². The molecule has 65 heavy (non-hydrogen) atoms. The molecule has 10 nitrogen and oxygen atoms in total. The lowest BCUT2D eigenvalue weighted by molar-refractivity contribution is -0.161. The predicted octanol–water partition coefficient (Wildman–Crippen LogP) is 15.0. The molecule has 0 aliphatic heterocycles. The second kappa shape index (κ2) is 49.6. The maximum absolute atomic E-state index is 12.7. The van der Waals surface area contributed by atoms with Crippen LogP contribution in [0.25, 0.3) is 0 Å². The maximum Gasteiger partial charge on any atom is 0.472 e. The number of aliphatic hydroxyl groups excluding tert-OH is 2. The molecule has 378 valence electrons. The van der Waals surface area contributed by atoms with Gasteiger partial charge in [-0.1, -0.05) is 203 Å². The Balaban J connectivity index is 4.24. The van der Waals surface area contributed by atoms with Crippen molar-refractivity contribution >= 4 is 19.8 Å². The van der Waals surface area contributed by atoms with Gasteiger partial charge in [0.05, 0.1) is 19.8 Å². The van der Waals surface area contributed by atoms with E-state index in [-0.39, 0.29) is 19.4 Å². The Labute approximate surface area is 397 Å². The number of allylic oxidation sites excluding steroid dienone is 10. The van der Waals surface area contributed by atoms with Crippen molar-refractivity contribution in [3.63, 3.8) is 0 Å². The van der Waals surface area contributed by atoms with Gasteiger partial charge in [-0.25, -0.2) is 4.57 Å². The third kappa shape index (κ3) is 49.4. The quantitative estimate of drug-likeness (QED) is 0.0233. The first-order valence-electron chi connectivity index (χ1n) is 26.2. The Hall–Kier alpha value is -2.33. The molecule has 0 saturated heterocycles. The van der Waals surface area contributed by atoms with Crippen molar-refractivity contribution in [2.45, 2.75) is 244 Å². The fraction of sp³-hybridized carbons (Fsp3) is 0.778. The summed E-state index contributed by atoms with van der Waals surface area (Å²) in [5, 5.41) is 18.4. The molecule has 0 aromatic rings. The molecule has 3 atom stereocenters. The molecule has 0 spiro atoms. The van der Waals surface area contributed by atoms with Gasteiger partial charge in [0.2, 0.25) is 0 Å². The van der Waals surface area contributed by atoms with E-state index in [2.05, 4.69) is 74.6 Å². The van der Waals surface area contributed by atoms with Crippen molar-refractivity contribution in [3.05, 3.63) is 60.8 Å². The van der Waals surface area contributed by atoms with Crippen molar-refractivity contribution in [2.75, 3.05) is 26.4 Å². The lowest BCUT2D eigenvalue weighted by atomic mass is 10.0. The molecule has 0 amide bonds. The summed E-state index contributed by atoms with van der Waals surface area (Å²) in [5.41, 5.74) is 0. The van der Waals surface area contributed by atoms with Crippen LogP contribution in [-0.2, 0) is 32.7 Å². The van der Waals surface area contributed by atoms with Crippen LogP contribution in [0.5, 0.6) is 0 Å². The molecule has 0 heterocycles. The minimum absolute atomic E-state index is 0.140. The second-order valence-corrected chi connectivity index (χ2v) is 19.0. The zero-order valence-electron chi connectivity index (χ0n) is 41.4. The number of carbonyl (C=O) groups excluding carboxylic acids is 2. The number of unbranched alkanes of at least 4 members (excludes halogenated alkanes) is 25. The van der Waals surface area contributed by atoms with E-state index >= 15 is 0 Å². The van der Waals surface area contributed by atoms with E-state index in [1.807, 2.05) is 0 Å². The summed E-state index contributed by atoms with van der Waals surface area (Å²) in [4.78, 5) is 35.2. The molecule has 0 radical (unpaired) electrons. The standard InChI is InChI=1S/C54H97O10P/c1-3-5-7-9-11-13-15-17-19-21-23-24-25-26-28-29-31-33-35-37-39-41-43-45-53(57)61-49-52(50-63-65(59,60)62-48-51(56)47-55)64-54(58)46-44-42-40-38-36-34-32-30-27-22-20-18-16-14-12-10-8-6-4-2/h12,14,18,20,27,30,34,36-37,39,51-52,55-56H,3-11,13,15-17,19,21-26,28-29,31-33,35,38,40-50H2,1-2H3,(H,59,60)/b14-12+,20-18+,30-27+,36-34+,39-37+/t51-,52+/m0/s1. The minimum Gasteiger partial charge on any atom is -0.462 e. The van der Waals surface area contributed by atoms with Crippen LogP contribution in [0.15, 0.2) is 60.8 Å². The van der Waals surface area contributed by atoms with Crippen LogP contribution in [0, 0.1) is 0 Å². The monoisotopic (exact) mass is 937 g/mol. The Morgan fingerprint density at radius 2 is 0.815 bits per heavy atom. The van der Waals surface area contributed by atoms with E-state index in [9.17, 15) is 24.2 Å². The number of carbonyl (C=O) groups is 2. The average Bonchev–Trinajstić information content (AvgIpc) is 3.30. The van der Waals surface area contributed by atoms with Crippen LogP contribution in [0.3, 0.4) is 0 Å². The van der Waals surface area contributed by atoms with Crippen molar-refractivity contribution in [1.82, 2.24) is 0 Å². The van der Waals surface area contributed by atoms with Crippen molar-refractivity contribution < 1.29 is 47.8 Å². The lowest BCUT2D eigenvalue weighted by Crippen LogP contribution is -2.29. The van der Waals surface area contributed by atoms with E-state index in [1.54, 1.807) is 0 Å². The fourth-order valence-corrected chi connectivity index (χ4v) is 7.89. The van der Waals surface area contributed by atoms with Gasteiger partial charge in [-0.15, -0.1) is 0 Å².